The van der Waals surface area contributed by atoms with Crippen LogP contribution in [0, 0.1) is 0 Å². The lowest BCUT2D eigenvalue weighted by molar-refractivity contribution is 0.355. The largest absolute Gasteiger partial charge is 0.493 e. The predicted molar refractivity (Wildman–Crippen MR) is 104 cm³/mol. The maximum absolute atomic E-state index is 13.0. The summed E-state index contributed by atoms with van der Waals surface area (Å²) in [4.78, 5) is 25.9. The Balaban J connectivity index is 2.08. The Hall–Kier alpha value is -3.40. The van der Waals surface area contributed by atoms with E-state index in [1.165, 1.54) is 0 Å². The maximum atomic E-state index is 13.0. The third kappa shape index (κ3) is 2.39. The van der Waals surface area contributed by atoms with Crippen molar-refractivity contribution in [1.82, 2.24) is 0 Å². The zero-order valence-electron chi connectivity index (χ0n) is 14.4. The summed E-state index contributed by atoms with van der Waals surface area (Å²) in [7, 11) is 3.10. The van der Waals surface area contributed by atoms with E-state index in [1.807, 2.05) is 24.3 Å². The van der Waals surface area contributed by atoms with Gasteiger partial charge in [0, 0.05) is 16.2 Å². The number of hydrogen-bond donors (Lipinski definition) is 0. The van der Waals surface area contributed by atoms with Crippen LogP contribution in [0.2, 0.25) is 0 Å². The van der Waals surface area contributed by atoms with Crippen molar-refractivity contribution in [3.63, 3.8) is 0 Å². The van der Waals surface area contributed by atoms with Gasteiger partial charge in [-0.2, -0.15) is 0 Å². The maximum Gasteiger partial charge on any atom is 0.197 e. The number of methoxy groups -OCH3 is 2. The molecule has 0 radical (unpaired) electrons. The van der Waals surface area contributed by atoms with Gasteiger partial charge in [0.05, 0.1) is 19.4 Å². The highest BCUT2D eigenvalue weighted by Crippen LogP contribution is 2.27. The molecule has 4 nitrogen and oxygen atoms in total. The van der Waals surface area contributed by atoms with Crippen LogP contribution in [-0.2, 0) is 0 Å². The summed E-state index contributed by atoms with van der Waals surface area (Å²) in [5.74, 6) is 1.13. The van der Waals surface area contributed by atoms with E-state index in [0.29, 0.717) is 27.8 Å². The third-order valence-corrected chi connectivity index (χ3v) is 4.60. The van der Waals surface area contributed by atoms with Crippen LogP contribution < -0.4 is 25.5 Å². The van der Waals surface area contributed by atoms with Gasteiger partial charge in [0.15, 0.2) is 22.4 Å². The molecule has 0 aliphatic heterocycles. The predicted octanol–water partition coefficient (Wildman–Crippen LogP) is 2.72. The van der Waals surface area contributed by atoms with Gasteiger partial charge in [-0.15, -0.1) is 0 Å². The smallest absolute Gasteiger partial charge is 0.197 e. The molecule has 0 aliphatic rings. The first-order valence-corrected chi connectivity index (χ1v) is 8.19. The Morgan fingerprint density at radius 2 is 1.38 bits per heavy atom. The average molecular weight is 344 g/mol. The first-order valence-electron chi connectivity index (χ1n) is 8.19. The van der Waals surface area contributed by atoms with Crippen molar-refractivity contribution in [3.8, 4) is 11.5 Å². The Kier molecular flexibility index (Phi) is 3.81. The molecule has 4 rings (SSSR count). The molecule has 0 bridgehead atoms. The van der Waals surface area contributed by atoms with E-state index in [2.05, 4.69) is 0 Å². The fourth-order valence-corrected chi connectivity index (χ4v) is 3.35. The molecule has 128 valence electrons. The number of benzene rings is 4. The van der Waals surface area contributed by atoms with Crippen LogP contribution in [0.3, 0.4) is 0 Å². The molecule has 0 atom stereocenters. The van der Waals surface area contributed by atoms with E-state index in [0.717, 1.165) is 10.8 Å². The molecule has 4 aromatic rings. The monoisotopic (exact) mass is 344 g/mol. The molecule has 0 unspecified atom stereocenters. The molecule has 4 aromatic carbocycles. The minimum atomic E-state index is -0.255. The Morgan fingerprint density at radius 1 is 0.769 bits per heavy atom. The molecule has 0 spiro atoms. The summed E-state index contributed by atoms with van der Waals surface area (Å²) in [5, 5.41) is 2.90. The molecule has 0 heterocycles. The highest BCUT2D eigenvalue weighted by Gasteiger charge is 2.11. The second-order valence-electron chi connectivity index (χ2n) is 6.04. The topological polar surface area (TPSA) is 52.6 Å². The van der Waals surface area contributed by atoms with Crippen molar-refractivity contribution in [2.75, 3.05) is 14.2 Å². The van der Waals surface area contributed by atoms with Gasteiger partial charge in [-0.1, -0.05) is 42.5 Å². The van der Waals surface area contributed by atoms with Crippen molar-refractivity contribution in [2.45, 2.75) is 0 Å². The lowest BCUT2D eigenvalue weighted by Gasteiger charge is -2.08. The Labute approximate surface area is 149 Å². The number of hydrogen-bond acceptors (Lipinski definition) is 4. The Bertz CT molecular complexity index is 1230. The van der Waals surface area contributed by atoms with Gasteiger partial charge in [0.2, 0.25) is 0 Å². The van der Waals surface area contributed by atoms with Gasteiger partial charge in [-0.25, -0.2) is 0 Å². The molecule has 4 heteroatoms. The molecule has 0 saturated carbocycles. The second-order valence-corrected chi connectivity index (χ2v) is 6.04. The summed E-state index contributed by atoms with van der Waals surface area (Å²) >= 11 is 0. The van der Waals surface area contributed by atoms with Gasteiger partial charge in [-0.3, -0.25) is 9.59 Å². The first kappa shape index (κ1) is 16.1. The van der Waals surface area contributed by atoms with Crippen molar-refractivity contribution >= 4 is 27.6 Å². The molecule has 26 heavy (non-hydrogen) atoms. The average Bonchev–Trinajstić information content (AvgIpc) is 2.69. The fourth-order valence-electron chi connectivity index (χ4n) is 3.35. The lowest BCUT2D eigenvalue weighted by Crippen LogP contribution is -2.38. The molecular formula is C22H16O4. The van der Waals surface area contributed by atoms with E-state index in [-0.39, 0.29) is 16.1 Å². The molecular weight excluding hydrogens is 328 g/mol. The van der Waals surface area contributed by atoms with E-state index in [4.69, 9.17) is 9.47 Å². The molecule has 0 fully saturated rings. The van der Waals surface area contributed by atoms with Crippen LogP contribution in [0.25, 0.3) is 27.6 Å². The first-order chi connectivity index (χ1) is 12.6. The van der Waals surface area contributed by atoms with E-state index in [9.17, 15) is 9.59 Å². The quantitative estimate of drug-likeness (QED) is 0.573. The third-order valence-electron chi connectivity index (χ3n) is 4.60. The summed E-state index contributed by atoms with van der Waals surface area (Å²) in [6, 6.07) is 16.3. The molecule has 0 aromatic heterocycles. The van der Waals surface area contributed by atoms with Crippen LogP contribution in [0.5, 0.6) is 11.5 Å². The van der Waals surface area contributed by atoms with Crippen LogP contribution in [0.1, 0.15) is 5.56 Å². The van der Waals surface area contributed by atoms with Gasteiger partial charge < -0.3 is 9.47 Å². The van der Waals surface area contributed by atoms with Gasteiger partial charge in [0.1, 0.15) is 0 Å². The van der Waals surface area contributed by atoms with Gasteiger partial charge >= 0.3 is 0 Å². The standard InChI is InChI=1S/C22H16O4/c1-25-18-10-9-13(12-19(18)26-2)11-17-21(23)15-7-3-5-14-6-4-8-16(20(14)15)22(17)24/h3-12H,1-2H3. The van der Waals surface area contributed by atoms with Crippen molar-refractivity contribution in [3.05, 3.63) is 85.8 Å². The summed E-state index contributed by atoms with van der Waals surface area (Å²) in [6.45, 7) is 0. The summed E-state index contributed by atoms with van der Waals surface area (Å²) < 4.78 is 10.5. The molecule has 0 amide bonds. The highest BCUT2D eigenvalue weighted by atomic mass is 16.5. The highest BCUT2D eigenvalue weighted by molar-refractivity contribution is 6.09. The van der Waals surface area contributed by atoms with Crippen molar-refractivity contribution in [2.24, 2.45) is 0 Å². The second kappa shape index (κ2) is 6.15. The minimum Gasteiger partial charge on any atom is -0.493 e. The van der Waals surface area contributed by atoms with Gasteiger partial charge in [-0.05, 0) is 29.2 Å². The number of ether oxygens (including phenoxy) is 2. The van der Waals surface area contributed by atoms with Crippen molar-refractivity contribution < 1.29 is 9.47 Å². The van der Waals surface area contributed by atoms with E-state index < -0.39 is 0 Å². The molecule has 0 aliphatic carbocycles. The summed E-state index contributed by atoms with van der Waals surface area (Å²) in [6.07, 6.45) is 1.61. The van der Waals surface area contributed by atoms with Crippen LogP contribution >= 0.6 is 0 Å². The van der Waals surface area contributed by atoms with Gasteiger partial charge in [0.25, 0.3) is 0 Å². The lowest BCUT2D eigenvalue weighted by atomic mass is 9.98. The molecule has 0 saturated heterocycles. The zero-order chi connectivity index (χ0) is 18.3. The minimum absolute atomic E-state index is 0.156. The van der Waals surface area contributed by atoms with E-state index in [1.54, 1.807) is 50.6 Å². The number of rotatable bonds is 3. The molecule has 0 N–H and O–H groups in total. The normalized spacial score (nSPS) is 11.0. The van der Waals surface area contributed by atoms with E-state index >= 15 is 0 Å². The Morgan fingerprint density at radius 3 is 1.96 bits per heavy atom. The SMILES string of the molecule is COc1ccc(C=c2c(=O)c3cccc4cccc(c2=O)c43)cc1OC. The van der Waals surface area contributed by atoms with Crippen LogP contribution in [0.15, 0.2) is 64.2 Å². The summed E-state index contributed by atoms with van der Waals surface area (Å²) in [5.41, 5.74) is 0.189. The zero-order valence-corrected chi connectivity index (χ0v) is 14.4. The van der Waals surface area contributed by atoms with Crippen LogP contribution in [-0.4, -0.2) is 14.2 Å². The van der Waals surface area contributed by atoms with Crippen LogP contribution in [0.4, 0.5) is 0 Å². The van der Waals surface area contributed by atoms with Crippen molar-refractivity contribution in [1.29, 1.82) is 0 Å². The fraction of sp³-hybridized carbons (Fsp3) is 0.0909.